The monoisotopic (exact) mass is 188 g/mol. The zero-order chi connectivity index (χ0) is 9.19. The number of alkyl halides is 1. The van der Waals surface area contributed by atoms with Crippen molar-refractivity contribution in [1.29, 1.82) is 0 Å². The minimum Gasteiger partial charge on any atom is -0.291 e. The van der Waals surface area contributed by atoms with Crippen molar-refractivity contribution in [2.24, 2.45) is 4.99 Å². The standard InChI is InChI=1S/C9H17ClN2/c1-9(2,3)12-8-6-7(10)4-5-11-8/h5,7-8,12H,4,6H2,1-3H3. The van der Waals surface area contributed by atoms with Crippen LogP contribution in [0.15, 0.2) is 4.99 Å². The Morgan fingerprint density at radius 3 is 2.67 bits per heavy atom. The summed E-state index contributed by atoms with van der Waals surface area (Å²) in [5.74, 6) is 0. The summed E-state index contributed by atoms with van der Waals surface area (Å²) in [6.45, 7) is 6.42. The van der Waals surface area contributed by atoms with Gasteiger partial charge in [0.25, 0.3) is 0 Å². The molecule has 1 rings (SSSR count). The molecule has 3 heteroatoms. The second-order valence-electron chi connectivity index (χ2n) is 4.31. The van der Waals surface area contributed by atoms with Gasteiger partial charge in [-0.3, -0.25) is 10.3 Å². The van der Waals surface area contributed by atoms with E-state index >= 15 is 0 Å². The lowest BCUT2D eigenvalue weighted by molar-refractivity contribution is 0.345. The van der Waals surface area contributed by atoms with Gasteiger partial charge >= 0.3 is 0 Å². The number of nitrogens with one attached hydrogen (secondary N) is 1. The molecule has 0 fully saturated rings. The molecule has 1 aliphatic rings. The molecule has 0 radical (unpaired) electrons. The molecule has 1 aliphatic heterocycles. The van der Waals surface area contributed by atoms with Gasteiger partial charge in [0.05, 0.1) is 0 Å². The largest absolute Gasteiger partial charge is 0.291 e. The topological polar surface area (TPSA) is 24.4 Å². The number of aliphatic imine (C=N–C) groups is 1. The van der Waals surface area contributed by atoms with E-state index in [-0.39, 0.29) is 17.1 Å². The van der Waals surface area contributed by atoms with E-state index in [1.165, 1.54) is 0 Å². The van der Waals surface area contributed by atoms with Crippen LogP contribution in [0.2, 0.25) is 0 Å². The van der Waals surface area contributed by atoms with E-state index < -0.39 is 0 Å². The predicted molar refractivity (Wildman–Crippen MR) is 54.0 cm³/mol. The van der Waals surface area contributed by atoms with Gasteiger partial charge < -0.3 is 0 Å². The zero-order valence-corrected chi connectivity index (χ0v) is 8.73. The SMILES string of the molecule is CC(C)(C)NC1CC(Cl)CC=N1. The molecule has 0 spiro atoms. The third-order valence-electron chi connectivity index (χ3n) is 1.73. The van der Waals surface area contributed by atoms with Crippen LogP contribution >= 0.6 is 11.6 Å². The predicted octanol–water partition coefficient (Wildman–Crippen LogP) is 2.17. The summed E-state index contributed by atoms with van der Waals surface area (Å²) in [4.78, 5) is 4.34. The van der Waals surface area contributed by atoms with Crippen LogP contribution in [-0.2, 0) is 0 Å². The van der Waals surface area contributed by atoms with Crippen molar-refractivity contribution in [2.45, 2.75) is 50.7 Å². The van der Waals surface area contributed by atoms with E-state index in [4.69, 9.17) is 11.6 Å². The van der Waals surface area contributed by atoms with Crippen LogP contribution in [0.1, 0.15) is 33.6 Å². The third-order valence-corrected chi connectivity index (χ3v) is 2.08. The maximum Gasteiger partial charge on any atom is 0.101 e. The van der Waals surface area contributed by atoms with Crippen LogP contribution in [0.25, 0.3) is 0 Å². The second-order valence-corrected chi connectivity index (χ2v) is 4.93. The molecule has 1 heterocycles. The first kappa shape index (κ1) is 10.0. The fourth-order valence-corrected chi connectivity index (χ4v) is 1.55. The maximum absolute atomic E-state index is 6.01. The quantitative estimate of drug-likeness (QED) is 0.627. The van der Waals surface area contributed by atoms with Crippen molar-refractivity contribution >= 4 is 17.8 Å². The van der Waals surface area contributed by atoms with Crippen LogP contribution in [0, 0.1) is 0 Å². The van der Waals surface area contributed by atoms with Gasteiger partial charge in [-0.25, -0.2) is 0 Å². The lowest BCUT2D eigenvalue weighted by Crippen LogP contribution is -2.44. The van der Waals surface area contributed by atoms with Gasteiger partial charge in [-0.1, -0.05) is 0 Å². The van der Waals surface area contributed by atoms with E-state index in [1.807, 2.05) is 6.21 Å². The summed E-state index contributed by atoms with van der Waals surface area (Å²) < 4.78 is 0. The highest BCUT2D eigenvalue weighted by molar-refractivity contribution is 6.21. The molecular formula is C9H17ClN2. The Morgan fingerprint density at radius 2 is 2.17 bits per heavy atom. The third kappa shape index (κ3) is 3.55. The Balaban J connectivity index is 2.43. The number of rotatable bonds is 1. The maximum atomic E-state index is 6.01. The molecular weight excluding hydrogens is 172 g/mol. The van der Waals surface area contributed by atoms with Crippen LogP contribution in [0.5, 0.6) is 0 Å². The molecule has 0 saturated heterocycles. The fraction of sp³-hybridized carbons (Fsp3) is 0.889. The van der Waals surface area contributed by atoms with Gasteiger partial charge in [0.1, 0.15) is 6.17 Å². The normalized spacial score (nSPS) is 30.7. The Hall–Kier alpha value is -0.0800. The van der Waals surface area contributed by atoms with E-state index in [0.29, 0.717) is 0 Å². The van der Waals surface area contributed by atoms with E-state index in [1.54, 1.807) is 0 Å². The van der Waals surface area contributed by atoms with E-state index in [9.17, 15) is 0 Å². The molecule has 1 N–H and O–H groups in total. The van der Waals surface area contributed by atoms with Crippen molar-refractivity contribution in [2.75, 3.05) is 0 Å². The zero-order valence-electron chi connectivity index (χ0n) is 7.97. The smallest absolute Gasteiger partial charge is 0.101 e. The molecule has 2 nitrogen and oxygen atoms in total. The van der Waals surface area contributed by atoms with Crippen LogP contribution in [-0.4, -0.2) is 23.3 Å². The highest BCUT2D eigenvalue weighted by Gasteiger charge is 2.21. The molecule has 2 atom stereocenters. The van der Waals surface area contributed by atoms with Gasteiger partial charge in [-0.05, 0) is 33.6 Å². The average molecular weight is 189 g/mol. The van der Waals surface area contributed by atoms with Gasteiger partial charge in [0.15, 0.2) is 0 Å². The molecule has 0 aromatic heterocycles. The molecule has 0 aliphatic carbocycles. The van der Waals surface area contributed by atoms with Crippen molar-refractivity contribution in [3.8, 4) is 0 Å². The average Bonchev–Trinajstić information content (AvgIpc) is 1.82. The molecule has 12 heavy (non-hydrogen) atoms. The lowest BCUT2D eigenvalue weighted by atomic mass is 10.1. The molecule has 0 aromatic rings. The second kappa shape index (κ2) is 3.75. The molecule has 0 aromatic carbocycles. The van der Waals surface area contributed by atoms with Gasteiger partial charge in [-0.15, -0.1) is 11.6 Å². The molecule has 0 bridgehead atoms. The molecule has 2 unspecified atom stereocenters. The Morgan fingerprint density at radius 1 is 1.50 bits per heavy atom. The Bertz CT molecular complexity index is 172. The summed E-state index contributed by atoms with van der Waals surface area (Å²) >= 11 is 6.01. The van der Waals surface area contributed by atoms with Crippen molar-refractivity contribution in [1.82, 2.24) is 5.32 Å². The number of halogens is 1. The summed E-state index contributed by atoms with van der Waals surface area (Å²) in [6, 6.07) is 0. The lowest BCUT2D eigenvalue weighted by Gasteiger charge is -2.29. The van der Waals surface area contributed by atoms with Gasteiger partial charge in [-0.2, -0.15) is 0 Å². The first-order chi connectivity index (χ1) is 5.47. The van der Waals surface area contributed by atoms with Crippen molar-refractivity contribution < 1.29 is 0 Å². The minimum atomic E-state index is 0.121. The summed E-state index contributed by atoms with van der Waals surface area (Å²) in [7, 11) is 0. The summed E-state index contributed by atoms with van der Waals surface area (Å²) in [5, 5.41) is 3.66. The highest BCUT2D eigenvalue weighted by atomic mass is 35.5. The summed E-state index contributed by atoms with van der Waals surface area (Å²) in [6.07, 6.45) is 3.98. The number of nitrogens with zero attached hydrogens (tertiary/aromatic N) is 1. The first-order valence-corrected chi connectivity index (χ1v) is 4.84. The highest BCUT2D eigenvalue weighted by Crippen LogP contribution is 2.16. The first-order valence-electron chi connectivity index (χ1n) is 4.41. The fourth-order valence-electron chi connectivity index (χ4n) is 1.30. The number of hydrogen-bond donors (Lipinski definition) is 1. The van der Waals surface area contributed by atoms with Crippen molar-refractivity contribution in [3.63, 3.8) is 0 Å². The van der Waals surface area contributed by atoms with Gasteiger partial charge in [0, 0.05) is 17.1 Å². The Kier molecular flexibility index (Phi) is 3.13. The van der Waals surface area contributed by atoms with Crippen LogP contribution in [0.4, 0.5) is 0 Å². The molecule has 70 valence electrons. The molecule has 0 saturated carbocycles. The minimum absolute atomic E-state index is 0.121. The van der Waals surface area contributed by atoms with Crippen LogP contribution in [0.3, 0.4) is 0 Å². The van der Waals surface area contributed by atoms with E-state index in [2.05, 4.69) is 31.1 Å². The van der Waals surface area contributed by atoms with Gasteiger partial charge in [0.2, 0.25) is 0 Å². The summed E-state index contributed by atoms with van der Waals surface area (Å²) in [5.41, 5.74) is 0.121. The van der Waals surface area contributed by atoms with Crippen molar-refractivity contribution in [3.05, 3.63) is 0 Å². The molecule has 0 amide bonds. The number of hydrogen-bond acceptors (Lipinski definition) is 2. The van der Waals surface area contributed by atoms with E-state index in [0.717, 1.165) is 12.8 Å². The van der Waals surface area contributed by atoms with Crippen LogP contribution < -0.4 is 5.32 Å². The Labute approximate surface area is 79.4 Å².